The van der Waals surface area contributed by atoms with Crippen LogP contribution in [-0.4, -0.2) is 24.9 Å². The highest BCUT2D eigenvalue weighted by molar-refractivity contribution is 4.93. The van der Waals surface area contributed by atoms with Crippen LogP contribution in [0, 0.1) is 5.92 Å². The lowest BCUT2D eigenvalue weighted by Gasteiger charge is -2.31. The molecule has 0 aromatic heterocycles. The molecule has 0 radical (unpaired) electrons. The Hall–Kier alpha value is -0.150. The van der Waals surface area contributed by atoms with Crippen molar-refractivity contribution in [1.29, 1.82) is 0 Å². The minimum Gasteiger partial charge on any atom is -0.381 e. The summed E-state index contributed by atoms with van der Waals surface area (Å²) in [5.74, 6) is -0.00926. The van der Waals surface area contributed by atoms with Crippen molar-refractivity contribution in [2.24, 2.45) is 11.7 Å². The summed E-state index contributed by atoms with van der Waals surface area (Å²) in [6.45, 7) is 3.48. The third kappa shape index (κ3) is 2.41. The first-order chi connectivity index (χ1) is 5.96. The Labute approximate surface area is 79.6 Å². The van der Waals surface area contributed by atoms with Crippen molar-refractivity contribution in [2.45, 2.75) is 50.9 Å². The SMILES string of the molecule is COC1CCCC1C(F)C(C)(C)N. The lowest BCUT2D eigenvalue weighted by atomic mass is 9.87. The van der Waals surface area contributed by atoms with Gasteiger partial charge >= 0.3 is 0 Å². The second-order valence-electron chi connectivity index (χ2n) is 4.59. The molecule has 0 saturated heterocycles. The molecule has 2 nitrogen and oxygen atoms in total. The first-order valence-corrected chi connectivity index (χ1v) is 4.92. The van der Waals surface area contributed by atoms with Crippen LogP contribution in [0.2, 0.25) is 0 Å². The maximum Gasteiger partial charge on any atom is 0.123 e. The molecular weight excluding hydrogens is 169 g/mol. The van der Waals surface area contributed by atoms with Gasteiger partial charge in [-0.25, -0.2) is 4.39 Å². The number of nitrogens with two attached hydrogens (primary N) is 1. The van der Waals surface area contributed by atoms with Crippen molar-refractivity contribution in [3.05, 3.63) is 0 Å². The zero-order valence-electron chi connectivity index (χ0n) is 8.72. The van der Waals surface area contributed by atoms with Crippen molar-refractivity contribution in [3.63, 3.8) is 0 Å². The summed E-state index contributed by atoms with van der Waals surface area (Å²) >= 11 is 0. The Morgan fingerprint density at radius 2 is 2.08 bits per heavy atom. The van der Waals surface area contributed by atoms with E-state index in [1.807, 2.05) is 0 Å². The van der Waals surface area contributed by atoms with Gasteiger partial charge in [-0.1, -0.05) is 6.42 Å². The number of hydrogen-bond acceptors (Lipinski definition) is 2. The van der Waals surface area contributed by atoms with Gasteiger partial charge in [0, 0.05) is 18.6 Å². The fourth-order valence-corrected chi connectivity index (χ4v) is 2.13. The predicted octanol–water partition coefficient (Wildman–Crippen LogP) is 1.88. The molecule has 1 rings (SSSR count). The van der Waals surface area contributed by atoms with Crippen LogP contribution in [0.3, 0.4) is 0 Å². The Balaban J connectivity index is 2.60. The number of hydrogen-bond donors (Lipinski definition) is 1. The van der Waals surface area contributed by atoms with Crippen LogP contribution < -0.4 is 5.73 Å². The summed E-state index contributed by atoms with van der Waals surface area (Å²) in [6.07, 6.45) is 2.04. The number of alkyl halides is 1. The second-order valence-corrected chi connectivity index (χ2v) is 4.59. The van der Waals surface area contributed by atoms with E-state index in [9.17, 15) is 4.39 Å². The van der Waals surface area contributed by atoms with Gasteiger partial charge in [0.25, 0.3) is 0 Å². The van der Waals surface area contributed by atoms with Crippen LogP contribution >= 0.6 is 0 Å². The minimum atomic E-state index is -0.958. The van der Waals surface area contributed by atoms with Gasteiger partial charge in [-0.2, -0.15) is 0 Å². The molecule has 78 valence electrons. The van der Waals surface area contributed by atoms with E-state index >= 15 is 0 Å². The average Bonchev–Trinajstić information content (AvgIpc) is 2.48. The molecule has 0 aromatic carbocycles. The first-order valence-electron chi connectivity index (χ1n) is 4.92. The summed E-state index contributed by atoms with van der Waals surface area (Å²) in [4.78, 5) is 0. The van der Waals surface area contributed by atoms with E-state index in [1.54, 1.807) is 21.0 Å². The van der Waals surface area contributed by atoms with Crippen molar-refractivity contribution in [3.8, 4) is 0 Å². The molecule has 1 aliphatic rings. The second kappa shape index (κ2) is 3.93. The zero-order valence-corrected chi connectivity index (χ0v) is 8.72. The molecule has 0 aromatic rings. The summed E-state index contributed by atoms with van der Waals surface area (Å²) < 4.78 is 19.1. The summed E-state index contributed by atoms with van der Waals surface area (Å²) in [6, 6.07) is 0. The van der Waals surface area contributed by atoms with E-state index in [0.29, 0.717) is 0 Å². The van der Waals surface area contributed by atoms with E-state index in [-0.39, 0.29) is 12.0 Å². The Bertz CT molecular complexity index is 167. The van der Waals surface area contributed by atoms with E-state index < -0.39 is 11.7 Å². The monoisotopic (exact) mass is 189 g/mol. The first kappa shape index (κ1) is 10.9. The Morgan fingerprint density at radius 3 is 2.54 bits per heavy atom. The summed E-state index contributed by atoms with van der Waals surface area (Å²) in [5, 5.41) is 0. The molecular formula is C10H20FNO. The highest BCUT2D eigenvalue weighted by Gasteiger charge is 2.40. The molecule has 2 N–H and O–H groups in total. The predicted molar refractivity (Wildman–Crippen MR) is 51.3 cm³/mol. The average molecular weight is 189 g/mol. The maximum absolute atomic E-state index is 13.8. The molecule has 3 atom stereocenters. The zero-order chi connectivity index (χ0) is 10.1. The molecule has 0 spiro atoms. The van der Waals surface area contributed by atoms with E-state index in [4.69, 9.17) is 10.5 Å². The quantitative estimate of drug-likeness (QED) is 0.735. The molecule has 0 aliphatic heterocycles. The van der Waals surface area contributed by atoms with Gasteiger partial charge in [-0.05, 0) is 26.7 Å². The van der Waals surface area contributed by atoms with Crippen LogP contribution in [0.25, 0.3) is 0 Å². The van der Waals surface area contributed by atoms with Crippen molar-refractivity contribution < 1.29 is 9.13 Å². The number of ether oxygens (including phenoxy) is 1. The molecule has 1 saturated carbocycles. The largest absolute Gasteiger partial charge is 0.381 e. The topological polar surface area (TPSA) is 35.2 Å². The van der Waals surface area contributed by atoms with E-state index in [1.165, 1.54) is 0 Å². The fraction of sp³-hybridized carbons (Fsp3) is 1.00. The lowest BCUT2D eigenvalue weighted by molar-refractivity contribution is 0.0166. The molecule has 1 aliphatic carbocycles. The number of methoxy groups -OCH3 is 1. The summed E-state index contributed by atoms with van der Waals surface area (Å²) in [7, 11) is 1.65. The molecule has 0 bridgehead atoms. The molecule has 0 amide bonds. The van der Waals surface area contributed by atoms with Crippen molar-refractivity contribution in [1.82, 2.24) is 0 Å². The van der Waals surface area contributed by atoms with Crippen LogP contribution in [-0.2, 0) is 4.74 Å². The Kier molecular flexibility index (Phi) is 3.30. The molecule has 13 heavy (non-hydrogen) atoms. The van der Waals surface area contributed by atoms with Gasteiger partial charge in [0.1, 0.15) is 6.17 Å². The van der Waals surface area contributed by atoms with Gasteiger partial charge < -0.3 is 10.5 Å². The third-order valence-corrected chi connectivity index (χ3v) is 2.89. The molecule has 3 heteroatoms. The van der Waals surface area contributed by atoms with Crippen molar-refractivity contribution >= 4 is 0 Å². The third-order valence-electron chi connectivity index (χ3n) is 2.89. The van der Waals surface area contributed by atoms with Gasteiger partial charge in [0.05, 0.1) is 6.10 Å². The highest BCUT2D eigenvalue weighted by Crippen LogP contribution is 2.35. The molecule has 1 fully saturated rings. The van der Waals surface area contributed by atoms with Crippen LogP contribution in [0.1, 0.15) is 33.1 Å². The summed E-state index contributed by atoms with van der Waals surface area (Å²) in [5.41, 5.74) is 5.00. The normalized spacial score (nSPS) is 32.1. The minimum absolute atomic E-state index is 0.00926. The smallest absolute Gasteiger partial charge is 0.123 e. The van der Waals surface area contributed by atoms with Gasteiger partial charge in [0.15, 0.2) is 0 Å². The fourth-order valence-electron chi connectivity index (χ4n) is 2.13. The van der Waals surface area contributed by atoms with Gasteiger partial charge in [0.2, 0.25) is 0 Å². The van der Waals surface area contributed by atoms with E-state index in [0.717, 1.165) is 19.3 Å². The van der Waals surface area contributed by atoms with E-state index in [2.05, 4.69) is 0 Å². The van der Waals surface area contributed by atoms with Crippen LogP contribution in [0.5, 0.6) is 0 Å². The highest BCUT2D eigenvalue weighted by atomic mass is 19.1. The number of rotatable bonds is 3. The van der Waals surface area contributed by atoms with Crippen molar-refractivity contribution in [2.75, 3.05) is 7.11 Å². The van der Waals surface area contributed by atoms with Gasteiger partial charge in [-0.15, -0.1) is 0 Å². The maximum atomic E-state index is 13.8. The molecule has 3 unspecified atom stereocenters. The number of halogens is 1. The van der Waals surface area contributed by atoms with Gasteiger partial charge in [-0.3, -0.25) is 0 Å². The Morgan fingerprint density at radius 1 is 1.46 bits per heavy atom. The van der Waals surface area contributed by atoms with Crippen LogP contribution in [0.15, 0.2) is 0 Å². The standard InChI is InChI=1S/C10H20FNO/c1-10(2,12)9(11)7-5-4-6-8(7)13-3/h7-9H,4-6,12H2,1-3H3. The molecule has 0 heterocycles. The lowest BCUT2D eigenvalue weighted by Crippen LogP contribution is -2.48. The van der Waals surface area contributed by atoms with Crippen LogP contribution in [0.4, 0.5) is 4.39 Å².